The number of fused-ring (bicyclic) bond motifs is 2. The molecule has 0 bridgehead atoms. The highest BCUT2D eigenvalue weighted by Crippen LogP contribution is 2.42. The average Bonchev–Trinajstić information content (AvgIpc) is 2.88. The largest absolute Gasteiger partial charge is 0.586 e. The molecule has 0 amide bonds. The Morgan fingerprint density at radius 2 is 1.88 bits per heavy atom. The molecule has 0 aliphatic carbocycles. The van der Waals surface area contributed by atoms with E-state index in [1.54, 1.807) is 24.3 Å². The lowest BCUT2D eigenvalue weighted by Crippen LogP contribution is -2.25. The molecule has 3 aromatic rings. The normalized spacial score (nSPS) is 14.3. The van der Waals surface area contributed by atoms with Gasteiger partial charge in [-0.3, -0.25) is 0 Å². The van der Waals surface area contributed by atoms with Crippen LogP contribution in [0.2, 0.25) is 5.02 Å². The summed E-state index contributed by atoms with van der Waals surface area (Å²) in [6, 6.07) is 13.0. The van der Waals surface area contributed by atoms with Gasteiger partial charge in [-0.2, -0.15) is 5.26 Å². The number of rotatable bonds is 2. The first-order valence-corrected chi connectivity index (χ1v) is 7.49. The predicted octanol–water partition coefficient (Wildman–Crippen LogP) is 4.82. The van der Waals surface area contributed by atoms with E-state index in [9.17, 15) is 8.78 Å². The number of aromatic nitrogens is 1. The number of halogens is 3. The van der Waals surface area contributed by atoms with Gasteiger partial charge in [0, 0.05) is 17.1 Å². The van der Waals surface area contributed by atoms with Crippen LogP contribution < -0.4 is 14.8 Å². The van der Waals surface area contributed by atoms with Gasteiger partial charge in [0.25, 0.3) is 0 Å². The average molecular weight is 360 g/mol. The first-order chi connectivity index (χ1) is 11.9. The molecular formula is C17H8ClF2N3O2. The van der Waals surface area contributed by atoms with Gasteiger partial charge in [-0.1, -0.05) is 11.6 Å². The number of hydrogen-bond acceptors (Lipinski definition) is 5. The Kier molecular flexibility index (Phi) is 3.37. The molecule has 124 valence electrons. The highest BCUT2D eigenvalue weighted by atomic mass is 35.5. The Balaban J connectivity index is 1.66. The van der Waals surface area contributed by atoms with Gasteiger partial charge in [0.15, 0.2) is 11.5 Å². The van der Waals surface area contributed by atoms with Crippen molar-refractivity contribution in [3.63, 3.8) is 0 Å². The summed E-state index contributed by atoms with van der Waals surface area (Å²) in [6.07, 6.45) is -3.66. The van der Waals surface area contributed by atoms with Crippen LogP contribution >= 0.6 is 11.6 Å². The second kappa shape index (κ2) is 5.46. The molecule has 0 saturated heterocycles. The van der Waals surface area contributed by atoms with Gasteiger partial charge in [-0.05, 0) is 36.4 Å². The molecule has 0 atom stereocenters. The summed E-state index contributed by atoms with van der Waals surface area (Å²) >= 11 is 6.16. The van der Waals surface area contributed by atoms with E-state index in [1.165, 1.54) is 18.2 Å². The van der Waals surface area contributed by atoms with E-state index in [0.717, 1.165) is 5.39 Å². The van der Waals surface area contributed by atoms with Crippen LogP contribution in [-0.4, -0.2) is 11.3 Å². The van der Waals surface area contributed by atoms with Crippen molar-refractivity contribution >= 4 is 34.0 Å². The van der Waals surface area contributed by atoms with Crippen LogP contribution in [0.25, 0.3) is 10.9 Å². The molecule has 8 heteroatoms. The molecule has 2 aromatic carbocycles. The molecule has 2 heterocycles. The molecule has 25 heavy (non-hydrogen) atoms. The van der Waals surface area contributed by atoms with Gasteiger partial charge in [0.05, 0.1) is 22.2 Å². The van der Waals surface area contributed by atoms with Crippen LogP contribution in [0.3, 0.4) is 0 Å². The molecule has 1 N–H and O–H groups in total. The summed E-state index contributed by atoms with van der Waals surface area (Å²) < 4.78 is 34.9. The van der Waals surface area contributed by atoms with Gasteiger partial charge in [0.2, 0.25) is 0 Å². The van der Waals surface area contributed by atoms with E-state index in [2.05, 4.69) is 19.8 Å². The molecule has 4 rings (SSSR count). The summed E-state index contributed by atoms with van der Waals surface area (Å²) in [5.41, 5.74) is 1.46. The van der Waals surface area contributed by atoms with Crippen LogP contribution in [0, 0.1) is 11.3 Å². The fraction of sp³-hybridized carbons (Fsp3) is 0.0588. The Labute approximate surface area is 145 Å². The number of hydrogen-bond donors (Lipinski definition) is 1. The highest BCUT2D eigenvalue weighted by molar-refractivity contribution is 6.35. The number of anilines is 2. The Hall–Kier alpha value is -3.11. The summed E-state index contributed by atoms with van der Waals surface area (Å²) in [7, 11) is 0. The highest BCUT2D eigenvalue weighted by Gasteiger charge is 2.43. The zero-order valence-electron chi connectivity index (χ0n) is 12.4. The predicted molar refractivity (Wildman–Crippen MR) is 87.4 cm³/mol. The minimum Gasteiger partial charge on any atom is -0.395 e. The second-order valence-electron chi connectivity index (χ2n) is 5.29. The second-order valence-corrected chi connectivity index (χ2v) is 5.70. The molecule has 0 unspecified atom stereocenters. The summed E-state index contributed by atoms with van der Waals surface area (Å²) in [6.45, 7) is 0. The third-order valence-corrected chi connectivity index (χ3v) is 3.84. The zero-order chi connectivity index (χ0) is 17.6. The summed E-state index contributed by atoms with van der Waals surface area (Å²) in [5, 5.41) is 13.0. The van der Waals surface area contributed by atoms with Crippen molar-refractivity contribution in [1.29, 1.82) is 5.26 Å². The van der Waals surface area contributed by atoms with Crippen molar-refractivity contribution in [3.05, 3.63) is 53.1 Å². The minimum absolute atomic E-state index is 0.0332. The zero-order valence-corrected chi connectivity index (χ0v) is 13.1. The molecule has 1 aliphatic heterocycles. The number of alkyl halides is 2. The molecule has 1 aromatic heterocycles. The number of nitrogens with zero attached hydrogens (tertiary/aromatic N) is 2. The van der Waals surface area contributed by atoms with E-state index in [1.807, 2.05) is 6.07 Å². The maximum absolute atomic E-state index is 13.1. The third kappa shape index (κ3) is 2.88. The lowest BCUT2D eigenvalue weighted by atomic mass is 10.1. The maximum Gasteiger partial charge on any atom is 0.586 e. The van der Waals surface area contributed by atoms with E-state index in [-0.39, 0.29) is 11.5 Å². The number of ether oxygens (including phenoxy) is 2. The standard InChI is InChI=1S/C17H8ClF2N3O2/c18-12-6-9(8-21)5-10-1-4-15(23-16(10)12)22-11-2-3-13-14(7-11)25-17(19,20)24-13/h1-7H,(H,22,23). The SMILES string of the molecule is N#Cc1cc(Cl)c2nc(Nc3ccc4c(c3)OC(F)(F)O4)ccc2c1. The molecule has 0 saturated carbocycles. The fourth-order valence-electron chi connectivity index (χ4n) is 2.50. The first-order valence-electron chi connectivity index (χ1n) is 7.11. The van der Waals surface area contributed by atoms with E-state index < -0.39 is 6.29 Å². The Morgan fingerprint density at radius 1 is 1.08 bits per heavy atom. The van der Waals surface area contributed by atoms with Crippen molar-refractivity contribution in [2.24, 2.45) is 0 Å². The number of nitrogens with one attached hydrogen (secondary N) is 1. The molecular weight excluding hydrogens is 352 g/mol. The smallest absolute Gasteiger partial charge is 0.395 e. The van der Waals surface area contributed by atoms with Crippen LogP contribution in [0.1, 0.15) is 5.56 Å². The van der Waals surface area contributed by atoms with Crippen molar-refractivity contribution in [3.8, 4) is 17.6 Å². The van der Waals surface area contributed by atoms with Gasteiger partial charge in [-0.15, -0.1) is 8.78 Å². The van der Waals surface area contributed by atoms with Crippen molar-refractivity contribution < 1.29 is 18.3 Å². The van der Waals surface area contributed by atoms with E-state index in [0.29, 0.717) is 27.6 Å². The van der Waals surface area contributed by atoms with Gasteiger partial charge >= 0.3 is 6.29 Å². The molecule has 1 aliphatic rings. The molecule has 0 radical (unpaired) electrons. The molecule has 5 nitrogen and oxygen atoms in total. The lowest BCUT2D eigenvalue weighted by Gasteiger charge is -2.08. The molecule has 0 spiro atoms. The van der Waals surface area contributed by atoms with E-state index in [4.69, 9.17) is 16.9 Å². The lowest BCUT2D eigenvalue weighted by molar-refractivity contribution is -0.286. The van der Waals surface area contributed by atoms with Crippen LogP contribution in [0.5, 0.6) is 11.5 Å². The van der Waals surface area contributed by atoms with Crippen LogP contribution in [0.4, 0.5) is 20.3 Å². The van der Waals surface area contributed by atoms with Crippen LogP contribution in [-0.2, 0) is 0 Å². The Bertz CT molecular complexity index is 1050. The van der Waals surface area contributed by atoms with Gasteiger partial charge < -0.3 is 14.8 Å². The monoisotopic (exact) mass is 359 g/mol. The van der Waals surface area contributed by atoms with Crippen molar-refractivity contribution in [1.82, 2.24) is 4.98 Å². The summed E-state index contributed by atoms with van der Waals surface area (Å²) in [5.74, 6) is 0.367. The molecule has 0 fully saturated rings. The minimum atomic E-state index is -3.66. The number of nitriles is 1. The van der Waals surface area contributed by atoms with Crippen LogP contribution in [0.15, 0.2) is 42.5 Å². The number of benzene rings is 2. The number of pyridine rings is 1. The summed E-state index contributed by atoms with van der Waals surface area (Å²) in [4.78, 5) is 4.39. The topological polar surface area (TPSA) is 67.2 Å². The van der Waals surface area contributed by atoms with Crippen molar-refractivity contribution in [2.75, 3.05) is 5.32 Å². The van der Waals surface area contributed by atoms with E-state index >= 15 is 0 Å². The quantitative estimate of drug-likeness (QED) is 0.710. The van der Waals surface area contributed by atoms with Gasteiger partial charge in [0.1, 0.15) is 5.82 Å². The third-order valence-electron chi connectivity index (χ3n) is 3.55. The fourth-order valence-corrected chi connectivity index (χ4v) is 2.77. The van der Waals surface area contributed by atoms with Gasteiger partial charge in [-0.25, -0.2) is 4.98 Å². The van der Waals surface area contributed by atoms with Crippen molar-refractivity contribution in [2.45, 2.75) is 6.29 Å². The maximum atomic E-state index is 13.1. The Morgan fingerprint density at radius 3 is 2.68 bits per heavy atom. The first kappa shape index (κ1) is 15.4.